The summed E-state index contributed by atoms with van der Waals surface area (Å²) in [6, 6.07) is 0. The molecule has 1 aromatic carbocycles. The van der Waals surface area contributed by atoms with Gasteiger partial charge in [0.05, 0.1) is 13.2 Å². The molecule has 4 heteroatoms. The first-order chi connectivity index (χ1) is 16.6. The van der Waals surface area contributed by atoms with Crippen LogP contribution in [-0.4, -0.2) is 18.8 Å². The first-order valence-electron chi connectivity index (χ1n) is 14.8. The van der Waals surface area contributed by atoms with Gasteiger partial charge in [-0.1, -0.05) is 72.6 Å². The molecule has 3 nitrogen and oxygen atoms in total. The maximum atomic E-state index is 6.78. The van der Waals surface area contributed by atoms with Crippen molar-refractivity contribution in [3.05, 3.63) is 22.3 Å². The van der Waals surface area contributed by atoms with Crippen LogP contribution < -0.4 is 27.6 Å². The van der Waals surface area contributed by atoms with Crippen LogP contribution in [0.1, 0.15) is 128 Å². The summed E-state index contributed by atoms with van der Waals surface area (Å²) in [5.74, 6) is 4.77. The van der Waals surface area contributed by atoms with Crippen molar-refractivity contribution in [1.82, 2.24) is 0 Å². The highest BCUT2D eigenvalue weighted by Gasteiger charge is 2.34. The van der Waals surface area contributed by atoms with Crippen molar-refractivity contribution in [1.29, 1.82) is 0 Å². The molecule has 0 bridgehead atoms. The van der Waals surface area contributed by atoms with E-state index >= 15 is 0 Å². The third-order valence-electron chi connectivity index (χ3n) is 8.48. The fraction of sp³-hybridized carbons (Fsp3) is 0.812. The molecule has 3 N–H and O–H groups in total. The molecule has 0 amide bonds. The Bertz CT molecular complexity index is 778. The van der Waals surface area contributed by atoms with E-state index in [4.69, 9.17) is 9.47 Å². The van der Waals surface area contributed by atoms with Gasteiger partial charge in [0.25, 0.3) is 0 Å². The fourth-order valence-electron chi connectivity index (χ4n) is 5.75. The van der Waals surface area contributed by atoms with Crippen LogP contribution >= 0.6 is 0 Å². The lowest BCUT2D eigenvalue weighted by Crippen LogP contribution is -3.00. The SMILES string of the molecule is Cc1c(C)c2c(c(C)c1OCCC[NH3+])CC[C@@](C)(CCC[C@H](C)CCC[C@H](C)CCCC(C)C)O2.[Cl-]. The van der Waals surface area contributed by atoms with Crippen molar-refractivity contribution < 1.29 is 27.6 Å². The molecule has 0 aromatic heterocycles. The molecule has 1 aromatic rings. The van der Waals surface area contributed by atoms with Crippen molar-refractivity contribution in [2.45, 2.75) is 138 Å². The Morgan fingerprint density at radius 1 is 0.833 bits per heavy atom. The third-order valence-corrected chi connectivity index (χ3v) is 8.48. The normalized spacial score (nSPS) is 18.8. The van der Waals surface area contributed by atoms with Gasteiger partial charge in [0.15, 0.2) is 0 Å². The van der Waals surface area contributed by atoms with Gasteiger partial charge in [-0.2, -0.15) is 0 Å². The van der Waals surface area contributed by atoms with E-state index in [-0.39, 0.29) is 18.0 Å². The van der Waals surface area contributed by atoms with Gasteiger partial charge in [0.2, 0.25) is 0 Å². The number of benzene rings is 1. The fourth-order valence-corrected chi connectivity index (χ4v) is 5.75. The molecule has 1 aliphatic heterocycles. The van der Waals surface area contributed by atoms with E-state index in [1.807, 2.05) is 0 Å². The Morgan fingerprint density at radius 2 is 1.42 bits per heavy atom. The monoisotopic (exact) mass is 523 g/mol. The van der Waals surface area contributed by atoms with E-state index in [0.717, 1.165) is 68.1 Å². The molecule has 3 atom stereocenters. The van der Waals surface area contributed by atoms with E-state index < -0.39 is 0 Å². The number of rotatable bonds is 16. The lowest BCUT2D eigenvalue weighted by molar-refractivity contribution is -0.368. The highest BCUT2D eigenvalue weighted by Crippen LogP contribution is 2.45. The zero-order chi connectivity index (χ0) is 26.0. The average molecular weight is 524 g/mol. The minimum atomic E-state index is -0.0441. The van der Waals surface area contributed by atoms with Crippen molar-refractivity contribution in [3.8, 4) is 11.5 Å². The Balaban J connectivity index is 0.00000648. The summed E-state index contributed by atoms with van der Waals surface area (Å²) in [5.41, 5.74) is 9.04. The molecule has 0 saturated carbocycles. The number of ether oxygens (including phenoxy) is 2. The van der Waals surface area contributed by atoms with Crippen LogP contribution in [0.25, 0.3) is 0 Å². The molecule has 36 heavy (non-hydrogen) atoms. The molecule has 2 rings (SSSR count). The smallest absolute Gasteiger partial charge is 0.127 e. The van der Waals surface area contributed by atoms with Gasteiger partial charge >= 0.3 is 0 Å². The van der Waals surface area contributed by atoms with Gasteiger partial charge in [0, 0.05) is 12.0 Å². The summed E-state index contributed by atoms with van der Waals surface area (Å²) in [5, 5.41) is 0. The van der Waals surface area contributed by atoms with Crippen LogP contribution in [0.15, 0.2) is 0 Å². The summed E-state index contributed by atoms with van der Waals surface area (Å²) in [6.07, 6.45) is 15.3. The third kappa shape index (κ3) is 10.1. The molecule has 1 heterocycles. The van der Waals surface area contributed by atoms with Crippen LogP contribution in [0.5, 0.6) is 11.5 Å². The van der Waals surface area contributed by atoms with E-state index in [2.05, 4.69) is 61.1 Å². The first kappa shape index (κ1) is 33.1. The number of hydrogen-bond acceptors (Lipinski definition) is 2. The molecule has 0 saturated heterocycles. The summed E-state index contributed by atoms with van der Waals surface area (Å²) in [6.45, 7) is 20.2. The van der Waals surface area contributed by atoms with Gasteiger partial charge in [-0.3, -0.25) is 0 Å². The second kappa shape index (κ2) is 16.1. The summed E-state index contributed by atoms with van der Waals surface area (Å²) in [4.78, 5) is 0. The Hall–Kier alpha value is -0.930. The number of hydrogen-bond donors (Lipinski definition) is 1. The summed E-state index contributed by atoms with van der Waals surface area (Å²) >= 11 is 0. The second-order valence-corrected chi connectivity index (χ2v) is 12.5. The Kier molecular flexibility index (Phi) is 14.8. The minimum absolute atomic E-state index is 0. The highest BCUT2D eigenvalue weighted by atomic mass is 35.5. The quantitative estimate of drug-likeness (QED) is 0.304. The van der Waals surface area contributed by atoms with Crippen LogP contribution in [0.4, 0.5) is 0 Å². The predicted molar refractivity (Wildman–Crippen MR) is 151 cm³/mol. The van der Waals surface area contributed by atoms with Gasteiger partial charge in [-0.15, -0.1) is 0 Å². The van der Waals surface area contributed by atoms with E-state index in [0.29, 0.717) is 0 Å². The van der Waals surface area contributed by atoms with Gasteiger partial charge < -0.3 is 27.6 Å². The topological polar surface area (TPSA) is 46.1 Å². The van der Waals surface area contributed by atoms with Crippen LogP contribution in [-0.2, 0) is 6.42 Å². The van der Waals surface area contributed by atoms with Crippen molar-refractivity contribution in [3.63, 3.8) is 0 Å². The standard InChI is InChI=1S/C32H57NO2.ClH/c1-23(2)13-9-14-24(3)15-10-16-25(4)17-11-19-32(8)20-18-29-28(7)30(34-22-12-21-33)26(5)27(6)31(29)35-32;/h23-25H,9-22,33H2,1-8H3;1H/t24-,25-,32-;/m1./s1. The van der Waals surface area contributed by atoms with Crippen molar-refractivity contribution in [2.75, 3.05) is 13.2 Å². The molecule has 0 radical (unpaired) electrons. The van der Waals surface area contributed by atoms with Crippen LogP contribution in [0.2, 0.25) is 0 Å². The first-order valence-corrected chi connectivity index (χ1v) is 14.8. The Labute approximate surface area is 230 Å². The number of halogens is 1. The predicted octanol–water partition coefficient (Wildman–Crippen LogP) is 5.15. The van der Waals surface area contributed by atoms with Gasteiger partial charge in [-0.25, -0.2) is 0 Å². The largest absolute Gasteiger partial charge is 1.00 e. The molecule has 0 aliphatic carbocycles. The van der Waals surface area contributed by atoms with E-state index in [9.17, 15) is 0 Å². The molecule has 0 unspecified atom stereocenters. The molecule has 210 valence electrons. The number of quaternary nitrogens is 1. The maximum Gasteiger partial charge on any atom is 0.127 e. The second-order valence-electron chi connectivity index (χ2n) is 12.5. The Morgan fingerprint density at radius 3 is 2.00 bits per heavy atom. The zero-order valence-electron chi connectivity index (χ0n) is 25.0. The van der Waals surface area contributed by atoms with Crippen molar-refractivity contribution in [2.24, 2.45) is 17.8 Å². The van der Waals surface area contributed by atoms with Crippen LogP contribution in [0, 0.1) is 38.5 Å². The molecule has 0 fully saturated rings. The van der Waals surface area contributed by atoms with Crippen LogP contribution in [0.3, 0.4) is 0 Å². The van der Waals surface area contributed by atoms with Gasteiger partial charge in [-0.05, 0) is 87.8 Å². The zero-order valence-corrected chi connectivity index (χ0v) is 25.8. The molecular weight excluding hydrogens is 466 g/mol. The maximum absolute atomic E-state index is 6.78. The molecule has 1 aliphatic rings. The lowest BCUT2D eigenvalue weighted by Gasteiger charge is -2.38. The highest BCUT2D eigenvalue weighted by molar-refractivity contribution is 5.59. The van der Waals surface area contributed by atoms with E-state index in [1.54, 1.807) is 0 Å². The van der Waals surface area contributed by atoms with E-state index in [1.165, 1.54) is 73.6 Å². The summed E-state index contributed by atoms with van der Waals surface area (Å²) < 4.78 is 13.0. The molecular formula is C32H58ClNO2. The van der Waals surface area contributed by atoms with Crippen molar-refractivity contribution >= 4 is 0 Å². The average Bonchev–Trinajstić information content (AvgIpc) is 2.79. The molecule has 0 spiro atoms. The van der Waals surface area contributed by atoms with Gasteiger partial charge in [0.1, 0.15) is 17.1 Å². The summed E-state index contributed by atoms with van der Waals surface area (Å²) in [7, 11) is 0. The number of fused-ring (bicyclic) bond motifs is 1. The lowest BCUT2D eigenvalue weighted by atomic mass is 9.83. The minimum Gasteiger partial charge on any atom is -1.00 e.